The fraction of sp³-hybridized carbons (Fsp3) is 0.611. The van der Waals surface area contributed by atoms with Gasteiger partial charge in [-0.2, -0.15) is 0 Å². The number of hydrogen-bond acceptors (Lipinski definition) is 0. The Labute approximate surface area is 236 Å². The summed E-state index contributed by atoms with van der Waals surface area (Å²) in [6.07, 6.45) is 5.79. The highest BCUT2D eigenvalue weighted by molar-refractivity contribution is 7.68. The molecule has 204 valence electrons. The van der Waals surface area contributed by atoms with E-state index in [1.165, 1.54) is 25.7 Å². The summed E-state index contributed by atoms with van der Waals surface area (Å²) in [6, 6.07) is 19.4. The van der Waals surface area contributed by atoms with Gasteiger partial charge in [-0.05, 0) is 105 Å². The van der Waals surface area contributed by atoms with Crippen LogP contribution in [0.4, 0.5) is 0 Å². The molecular formula is C36H50P2. The van der Waals surface area contributed by atoms with E-state index in [0.717, 1.165) is 46.3 Å². The molecule has 0 N–H and O–H groups in total. The third-order valence-electron chi connectivity index (χ3n) is 10.6. The quantitative estimate of drug-likeness (QED) is 0.317. The number of hydrogen-bond donors (Lipinski definition) is 0. The standard InChI is InChI=1S/C36H50P2/c1-21(2)29-17-18-30(22(3)4)37(29)35-33-25-13-9-11-15-27(25)34(28-16-12-10-14-26(28)33)36(35)38-31(23(5)6)19-20-32(38)24(7)8/h9-16,21-24,29-34H,17-20H2,1-8H3/t29-,30-,31+,32+,33?,34?. The third-order valence-corrected chi connectivity index (χ3v) is 19.2. The monoisotopic (exact) mass is 544 g/mol. The van der Waals surface area contributed by atoms with Crippen LogP contribution in [0.25, 0.3) is 0 Å². The molecule has 5 aliphatic rings. The lowest BCUT2D eigenvalue weighted by Crippen LogP contribution is -2.32. The molecule has 0 radical (unpaired) electrons. The second-order valence-corrected chi connectivity index (χ2v) is 19.4. The van der Waals surface area contributed by atoms with Crippen LogP contribution in [0.15, 0.2) is 59.2 Å². The van der Waals surface area contributed by atoms with Crippen LogP contribution < -0.4 is 0 Å². The van der Waals surface area contributed by atoms with Gasteiger partial charge in [0.05, 0.1) is 0 Å². The predicted molar refractivity (Wildman–Crippen MR) is 170 cm³/mol. The van der Waals surface area contributed by atoms with E-state index in [9.17, 15) is 0 Å². The minimum atomic E-state index is -0.169. The Morgan fingerprint density at radius 3 is 0.895 bits per heavy atom. The molecule has 2 heterocycles. The zero-order valence-corrected chi connectivity index (χ0v) is 26.9. The average Bonchev–Trinajstić information content (AvgIpc) is 3.53. The first-order chi connectivity index (χ1) is 18.2. The van der Waals surface area contributed by atoms with E-state index in [-0.39, 0.29) is 15.8 Å². The lowest BCUT2D eigenvalue weighted by molar-refractivity contribution is 0.543. The maximum atomic E-state index is 2.54. The van der Waals surface area contributed by atoms with Crippen LogP contribution in [-0.4, -0.2) is 22.6 Å². The summed E-state index contributed by atoms with van der Waals surface area (Å²) in [4.78, 5) is 0. The van der Waals surface area contributed by atoms with Gasteiger partial charge in [0.15, 0.2) is 0 Å². The molecule has 2 bridgehead atoms. The highest BCUT2D eigenvalue weighted by Gasteiger charge is 2.54. The van der Waals surface area contributed by atoms with Crippen LogP contribution in [0, 0.1) is 23.7 Å². The van der Waals surface area contributed by atoms with Crippen molar-refractivity contribution in [1.82, 2.24) is 0 Å². The normalized spacial score (nSPS) is 31.4. The van der Waals surface area contributed by atoms with E-state index in [2.05, 4.69) is 104 Å². The van der Waals surface area contributed by atoms with Crippen LogP contribution in [0.3, 0.4) is 0 Å². The van der Waals surface area contributed by atoms with Crippen molar-refractivity contribution < 1.29 is 0 Å². The van der Waals surface area contributed by atoms with E-state index in [0.29, 0.717) is 11.8 Å². The zero-order chi connectivity index (χ0) is 26.9. The second-order valence-electron chi connectivity index (χ2n) is 14.1. The SMILES string of the molecule is CC(C)[C@H]1CC[C@H](C(C)C)P1C1=C(P2[C@H](C(C)C)CC[C@H]2C(C)C)C2c3ccccc3C1c1ccccc12. The molecule has 2 aliphatic heterocycles. The summed E-state index contributed by atoms with van der Waals surface area (Å²) in [5.74, 6) is 4.12. The first kappa shape index (κ1) is 27.2. The third kappa shape index (κ3) is 4.14. The minimum absolute atomic E-state index is 0.169. The van der Waals surface area contributed by atoms with Gasteiger partial charge in [0.2, 0.25) is 0 Å². The Morgan fingerprint density at radius 1 is 0.447 bits per heavy atom. The first-order valence-electron chi connectivity index (χ1n) is 15.7. The Bertz CT molecular complexity index is 1030. The predicted octanol–water partition coefficient (Wildman–Crippen LogP) is 11.1. The molecule has 0 nitrogen and oxygen atoms in total. The summed E-state index contributed by atoms with van der Waals surface area (Å²) >= 11 is 0. The van der Waals surface area contributed by atoms with E-state index >= 15 is 0 Å². The number of allylic oxidation sites excluding steroid dienone is 2. The molecule has 0 unspecified atom stereocenters. The summed E-state index contributed by atoms with van der Waals surface area (Å²) in [7, 11) is -0.338. The molecular weight excluding hydrogens is 494 g/mol. The highest BCUT2D eigenvalue weighted by atomic mass is 31.1. The summed E-state index contributed by atoms with van der Waals surface area (Å²) in [5, 5.41) is 4.03. The van der Waals surface area contributed by atoms with Crippen LogP contribution in [0.2, 0.25) is 0 Å². The van der Waals surface area contributed by atoms with Crippen molar-refractivity contribution in [2.75, 3.05) is 0 Å². The molecule has 0 saturated carbocycles. The lowest BCUT2D eigenvalue weighted by Gasteiger charge is -2.51. The Balaban J connectivity index is 1.68. The summed E-state index contributed by atoms with van der Waals surface area (Å²) in [5.41, 5.74) is 10.2. The van der Waals surface area contributed by atoms with Crippen molar-refractivity contribution in [3.63, 3.8) is 0 Å². The van der Waals surface area contributed by atoms with Crippen molar-refractivity contribution in [2.24, 2.45) is 23.7 Å². The van der Waals surface area contributed by atoms with Crippen LogP contribution in [0.1, 0.15) is 115 Å². The van der Waals surface area contributed by atoms with Crippen molar-refractivity contribution >= 4 is 15.8 Å². The highest BCUT2D eigenvalue weighted by Crippen LogP contribution is 2.80. The largest absolute Gasteiger partial charge is 0.0715 e. The topological polar surface area (TPSA) is 0 Å². The average molecular weight is 545 g/mol. The van der Waals surface area contributed by atoms with Crippen molar-refractivity contribution in [1.29, 1.82) is 0 Å². The van der Waals surface area contributed by atoms with E-state index in [1.54, 1.807) is 22.3 Å². The van der Waals surface area contributed by atoms with Crippen LogP contribution in [-0.2, 0) is 0 Å². The molecule has 0 spiro atoms. The fourth-order valence-electron chi connectivity index (χ4n) is 8.92. The van der Waals surface area contributed by atoms with Gasteiger partial charge in [-0.3, -0.25) is 0 Å². The molecule has 2 fully saturated rings. The zero-order valence-electron chi connectivity index (χ0n) is 25.1. The van der Waals surface area contributed by atoms with Crippen LogP contribution in [0.5, 0.6) is 0 Å². The molecule has 0 amide bonds. The van der Waals surface area contributed by atoms with Gasteiger partial charge in [-0.25, -0.2) is 0 Å². The molecule has 2 heteroatoms. The van der Waals surface area contributed by atoms with Gasteiger partial charge in [0.25, 0.3) is 0 Å². The van der Waals surface area contributed by atoms with Gasteiger partial charge in [0, 0.05) is 11.8 Å². The van der Waals surface area contributed by atoms with E-state index < -0.39 is 0 Å². The van der Waals surface area contributed by atoms with Crippen molar-refractivity contribution in [3.05, 3.63) is 81.4 Å². The summed E-state index contributed by atoms with van der Waals surface area (Å²) < 4.78 is 0. The Morgan fingerprint density at radius 2 is 0.684 bits per heavy atom. The smallest absolute Gasteiger partial charge is 0.0354 e. The van der Waals surface area contributed by atoms with Crippen molar-refractivity contribution in [2.45, 2.75) is 116 Å². The molecule has 0 aromatic heterocycles. The van der Waals surface area contributed by atoms with Gasteiger partial charge in [-0.1, -0.05) is 120 Å². The van der Waals surface area contributed by atoms with Gasteiger partial charge in [0.1, 0.15) is 0 Å². The number of benzene rings is 2. The van der Waals surface area contributed by atoms with E-state index in [4.69, 9.17) is 0 Å². The maximum Gasteiger partial charge on any atom is 0.0354 e. The Kier molecular flexibility index (Phi) is 7.49. The molecule has 2 aromatic carbocycles. The molecule has 2 aromatic rings. The summed E-state index contributed by atoms with van der Waals surface area (Å²) in [6.45, 7) is 20.3. The van der Waals surface area contributed by atoms with Crippen LogP contribution >= 0.6 is 15.8 Å². The molecule has 2 saturated heterocycles. The Hall–Kier alpha value is -0.960. The number of rotatable bonds is 6. The molecule has 7 rings (SSSR count). The molecule has 38 heavy (non-hydrogen) atoms. The van der Waals surface area contributed by atoms with Crippen molar-refractivity contribution in [3.8, 4) is 0 Å². The lowest BCUT2D eigenvalue weighted by atomic mass is 9.67. The van der Waals surface area contributed by atoms with Gasteiger partial charge >= 0.3 is 0 Å². The first-order valence-corrected chi connectivity index (χ1v) is 18.7. The van der Waals surface area contributed by atoms with E-state index in [1.807, 2.05) is 10.6 Å². The fourth-order valence-corrected chi connectivity index (χ4v) is 18.2. The van der Waals surface area contributed by atoms with Gasteiger partial charge < -0.3 is 0 Å². The molecule has 3 aliphatic carbocycles. The second kappa shape index (κ2) is 10.5. The van der Waals surface area contributed by atoms with Gasteiger partial charge in [-0.15, -0.1) is 0 Å². The maximum absolute atomic E-state index is 2.54. The minimum Gasteiger partial charge on any atom is -0.0715 e. The molecule has 4 atom stereocenters.